The van der Waals surface area contributed by atoms with Gasteiger partial charge in [-0.25, -0.2) is 9.49 Å². The molecule has 1 amide bonds. The molecule has 0 radical (unpaired) electrons. The zero-order valence-corrected chi connectivity index (χ0v) is 18.9. The van der Waals surface area contributed by atoms with Crippen LogP contribution in [0.4, 0.5) is 4.39 Å². The average Bonchev–Trinajstić information content (AvgIpc) is 2.84. The number of piperazine rings is 1. The Hall–Kier alpha value is -3.26. The number of nitrogens with one attached hydrogen (secondary N) is 2. The van der Waals surface area contributed by atoms with E-state index in [0.29, 0.717) is 29.4 Å². The van der Waals surface area contributed by atoms with E-state index in [1.54, 1.807) is 18.2 Å². The summed E-state index contributed by atoms with van der Waals surface area (Å²) in [4.78, 5) is 27.4. The highest BCUT2D eigenvalue weighted by Crippen LogP contribution is 2.29. The molecule has 2 atom stereocenters. The van der Waals surface area contributed by atoms with Crippen molar-refractivity contribution in [1.29, 1.82) is 0 Å². The third kappa shape index (κ3) is 3.86. The van der Waals surface area contributed by atoms with Crippen molar-refractivity contribution in [2.45, 2.75) is 56.7 Å². The Bertz CT molecular complexity index is 1310. The first kappa shape index (κ1) is 21.3. The third-order valence-corrected chi connectivity index (χ3v) is 7.44. The lowest BCUT2D eigenvalue weighted by Gasteiger charge is -2.46. The molecule has 2 bridgehead atoms. The molecule has 3 aromatic rings. The first-order valence-corrected chi connectivity index (χ1v) is 12.1. The molecule has 1 saturated carbocycles. The van der Waals surface area contributed by atoms with E-state index in [4.69, 9.17) is 4.74 Å². The number of aromatic amines is 1. The summed E-state index contributed by atoms with van der Waals surface area (Å²) in [6, 6.07) is 10.5. The Morgan fingerprint density at radius 3 is 2.71 bits per heavy atom. The van der Waals surface area contributed by atoms with Crippen molar-refractivity contribution in [3.8, 4) is 5.75 Å². The molecular weight excluding hydrogens is 435 g/mol. The van der Waals surface area contributed by atoms with Gasteiger partial charge in [-0.2, -0.15) is 5.10 Å². The molecule has 3 saturated heterocycles. The monoisotopic (exact) mass is 462 g/mol. The van der Waals surface area contributed by atoms with Gasteiger partial charge in [-0.15, -0.1) is 0 Å². The van der Waals surface area contributed by atoms with Gasteiger partial charge in [0.1, 0.15) is 11.6 Å². The van der Waals surface area contributed by atoms with E-state index in [0.717, 1.165) is 43.5 Å². The lowest BCUT2D eigenvalue weighted by atomic mass is 9.92. The van der Waals surface area contributed by atoms with Gasteiger partial charge in [0.2, 0.25) is 0 Å². The predicted octanol–water partition coefficient (Wildman–Crippen LogP) is 3.16. The number of amides is 1. The molecule has 2 aromatic carbocycles. The fourth-order valence-corrected chi connectivity index (χ4v) is 5.24. The second kappa shape index (κ2) is 8.51. The summed E-state index contributed by atoms with van der Waals surface area (Å²) < 4.78 is 20.7. The van der Waals surface area contributed by atoms with Gasteiger partial charge in [0.25, 0.3) is 11.5 Å². The summed E-state index contributed by atoms with van der Waals surface area (Å²) in [7, 11) is 0. The SMILES string of the molecule is O=C(c1cc(Cc2n[nH]c(=O)c3ccc(OC4CCC4)cc23)ccc1F)N1CC2CCC1CN2. The zero-order chi connectivity index (χ0) is 23.2. The lowest BCUT2D eigenvalue weighted by Crippen LogP contribution is -2.62. The molecule has 4 heterocycles. The molecule has 2 unspecified atom stereocenters. The van der Waals surface area contributed by atoms with Gasteiger partial charge < -0.3 is 15.0 Å². The summed E-state index contributed by atoms with van der Waals surface area (Å²) >= 11 is 0. The number of H-pyrrole nitrogens is 1. The van der Waals surface area contributed by atoms with Crippen molar-refractivity contribution in [2.75, 3.05) is 13.1 Å². The number of ether oxygens (including phenoxy) is 1. The van der Waals surface area contributed by atoms with Crippen LogP contribution in [0.25, 0.3) is 10.8 Å². The lowest BCUT2D eigenvalue weighted by molar-refractivity contribution is 0.0436. The van der Waals surface area contributed by atoms with E-state index in [2.05, 4.69) is 15.5 Å². The fraction of sp³-hybridized carbons (Fsp3) is 0.423. The van der Waals surface area contributed by atoms with Crippen LogP contribution >= 0.6 is 0 Å². The Morgan fingerprint density at radius 2 is 2.00 bits per heavy atom. The van der Waals surface area contributed by atoms with Gasteiger partial charge in [0, 0.05) is 37.0 Å². The van der Waals surface area contributed by atoms with E-state index < -0.39 is 5.82 Å². The minimum absolute atomic E-state index is 0.0905. The van der Waals surface area contributed by atoms with E-state index in [1.807, 2.05) is 17.0 Å². The molecule has 7 rings (SSSR count). The van der Waals surface area contributed by atoms with Crippen molar-refractivity contribution >= 4 is 16.7 Å². The van der Waals surface area contributed by atoms with Gasteiger partial charge in [-0.1, -0.05) is 6.07 Å². The highest BCUT2D eigenvalue weighted by Gasteiger charge is 2.37. The molecular formula is C26H27FN4O3. The number of benzene rings is 2. The van der Waals surface area contributed by atoms with Crippen molar-refractivity contribution in [1.82, 2.24) is 20.4 Å². The summed E-state index contributed by atoms with van der Waals surface area (Å²) in [5.74, 6) is -0.0563. The molecule has 176 valence electrons. The van der Waals surface area contributed by atoms with Gasteiger partial charge in [-0.3, -0.25) is 9.59 Å². The number of hydrogen-bond donors (Lipinski definition) is 2. The van der Waals surface area contributed by atoms with E-state index in [-0.39, 0.29) is 35.2 Å². The summed E-state index contributed by atoms with van der Waals surface area (Å²) in [5.41, 5.74) is 1.24. The highest BCUT2D eigenvalue weighted by atomic mass is 19.1. The minimum atomic E-state index is -0.515. The first-order valence-electron chi connectivity index (χ1n) is 12.1. The number of nitrogens with zero attached hydrogens (tertiary/aromatic N) is 2. The van der Waals surface area contributed by atoms with Crippen molar-refractivity contribution in [3.05, 3.63) is 69.4 Å². The van der Waals surface area contributed by atoms with Crippen molar-refractivity contribution in [3.63, 3.8) is 0 Å². The highest BCUT2D eigenvalue weighted by molar-refractivity contribution is 5.95. The first-order chi connectivity index (χ1) is 16.5. The summed E-state index contributed by atoms with van der Waals surface area (Å²) in [6.45, 7) is 1.37. The van der Waals surface area contributed by atoms with Gasteiger partial charge in [0.05, 0.1) is 22.7 Å². The van der Waals surface area contributed by atoms with E-state index >= 15 is 0 Å². The number of rotatable bonds is 5. The van der Waals surface area contributed by atoms with Gasteiger partial charge >= 0.3 is 0 Å². The maximum Gasteiger partial charge on any atom is 0.272 e. The third-order valence-electron chi connectivity index (χ3n) is 7.44. The minimum Gasteiger partial charge on any atom is -0.490 e. The number of aromatic nitrogens is 2. The zero-order valence-electron chi connectivity index (χ0n) is 18.9. The normalized spacial score (nSPS) is 22.1. The Labute approximate surface area is 196 Å². The number of piperidine rings is 2. The smallest absolute Gasteiger partial charge is 0.272 e. The summed E-state index contributed by atoms with van der Waals surface area (Å²) in [6.07, 6.45) is 5.83. The Kier molecular flexibility index (Phi) is 5.32. The van der Waals surface area contributed by atoms with Gasteiger partial charge in [0.15, 0.2) is 0 Å². The largest absolute Gasteiger partial charge is 0.490 e. The fourth-order valence-electron chi connectivity index (χ4n) is 5.24. The van der Waals surface area contributed by atoms with Crippen LogP contribution in [0.3, 0.4) is 0 Å². The second-order valence-corrected chi connectivity index (χ2v) is 9.66. The van der Waals surface area contributed by atoms with Crippen molar-refractivity contribution in [2.24, 2.45) is 0 Å². The van der Waals surface area contributed by atoms with Crippen LogP contribution in [0.5, 0.6) is 5.75 Å². The van der Waals surface area contributed by atoms with Crippen LogP contribution in [-0.4, -0.2) is 52.3 Å². The van der Waals surface area contributed by atoms with Crippen LogP contribution < -0.4 is 15.6 Å². The van der Waals surface area contributed by atoms with E-state index in [9.17, 15) is 14.0 Å². The topological polar surface area (TPSA) is 87.3 Å². The average molecular weight is 463 g/mol. The molecule has 1 aliphatic carbocycles. The van der Waals surface area contributed by atoms with Crippen LogP contribution in [0.15, 0.2) is 41.2 Å². The van der Waals surface area contributed by atoms with Crippen molar-refractivity contribution < 1.29 is 13.9 Å². The molecule has 7 nitrogen and oxygen atoms in total. The summed E-state index contributed by atoms with van der Waals surface area (Å²) in [5, 5.41) is 11.5. The van der Waals surface area contributed by atoms with Gasteiger partial charge in [-0.05, 0) is 68.0 Å². The molecule has 4 fully saturated rings. The van der Waals surface area contributed by atoms with Crippen LogP contribution in [-0.2, 0) is 6.42 Å². The quantitative estimate of drug-likeness (QED) is 0.608. The predicted molar refractivity (Wildman–Crippen MR) is 126 cm³/mol. The molecule has 1 aromatic heterocycles. The molecule has 0 spiro atoms. The Morgan fingerprint density at radius 1 is 1.12 bits per heavy atom. The molecule has 8 heteroatoms. The maximum atomic E-state index is 14.7. The number of halogens is 1. The van der Waals surface area contributed by atoms with E-state index in [1.165, 1.54) is 12.5 Å². The number of carbonyl (C=O) groups is 1. The number of fused-ring (bicyclic) bond motifs is 4. The molecule has 2 N–H and O–H groups in total. The molecule has 4 aliphatic rings. The standard InChI is InChI=1S/C26H27FN4O3/c27-23-9-4-15(10-22(23)26(33)31-14-16-5-6-17(31)13-28-16)11-24-21-12-19(34-18-2-1-3-18)7-8-20(21)25(32)30-29-24/h4,7-10,12,16-18,28H,1-3,5-6,11,13-14H2,(H,30,32). The molecule has 34 heavy (non-hydrogen) atoms. The van der Waals surface area contributed by atoms with Crippen LogP contribution in [0.1, 0.15) is 53.7 Å². The maximum absolute atomic E-state index is 14.7. The number of hydrogen-bond acceptors (Lipinski definition) is 5. The second-order valence-electron chi connectivity index (χ2n) is 9.66. The van der Waals surface area contributed by atoms with Crippen LogP contribution in [0.2, 0.25) is 0 Å². The molecule has 3 aliphatic heterocycles. The van der Waals surface area contributed by atoms with Crippen LogP contribution in [0, 0.1) is 5.82 Å². The Balaban J connectivity index is 1.30. The number of carbonyl (C=O) groups excluding carboxylic acids is 1.